The maximum absolute atomic E-state index is 5.32. The van der Waals surface area contributed by atoms with Crippen LogP contribution in [-0.4, -0.2) is 18.0 Å². The van der Waals surface area contributed by atoms with Gasteiger partial charge in [-0.05, 0) is 13.8 Å². The van der Waals surface area contributed by atoms with Crippen LogP contribution in [0.4, 0.5) is 0 Å². The molecule has 0 aliphatic rings. The first-order valence-corrected chi connectivity index (χ1v) is 5.10. The maximum atomic E-state index is 5.32. The molecule has 0 bridgehead atoms. The Morgan fingerprint density at radius 3 is 1.53 bits per heavy atom. The lowest BCUT2D eigenvalue weighted by atomic mass is 10.3. The van der Waals surface area contributed by atoms with Crippen LogP contribution in [-0.2, 0) is 0 Å². The smallest absolute Gasteiger partial charge is 0.522 e. The fourth-order valence-corrected chi connectivity index (χ4v) is 1.41. The van der Waals surface area contributed by atoms with Crippen LogP contribution >= 0.6 is 0 Å². The molecule has 17 heavy (non-hydrogen) atoms. The van der Waals surface area contributed by atoms with Crippen molar-refractivity contribution >= 4 is 7.69 Å². The third kappa shape index (κ3) is 2.27. The van der Waals surface area contributed by atoms with E-state index >= 15 is 0 Å². The average Bonchev–Trinajstić information content (AvgIpc) is 2.77. The van der Waals surface area contributed by atoms with Crippen LogP contribution in [0.1, 0.15) is 22.9 Å². The summed E-state index contributed by atoms with van der Waals surface area (Å²) in [7, 11) is 1.21. The van der Waals surface area contributed by atoms with Gasteiger partial charge in [0.1, 0.15) is 11.4 Å². The van der Waals surface area contributed by atoms with Crippen molar-refractivity contribution in [3.05, 3.63) is 22.9 Å². The van der Waals surface area contributed by atoms with E-state index in [2.05, 4.69) is 10.3 Å². The van der Waals surface area contributed by atoms with E-state index in [1.54, 1.807) is 27.7 Å². The highest BCUT2D eigenvalue weighted by Gasteiger charge is 2.15. The predicted octanol–water partition coefficient (Wildman–Crippen LogP) is 1.89. The summed E-state index contributed by atoms with van der Waals surface area (Å²) in [5.74, 6) is 2.30. The summed E-state index contributed by atoms with van der Waals surface area (Å²) in [6, 6.07) is 0. The third-order valence-electron chi connectivity index (χ3n) is 2.27. The van der Waals surface area contributed by atoms with Gasteiger partial charge >= 0.3 is 7.69 Å². The lowest BCUT2D eigenvalue weighted by molar-refractivity contribution is 0.380. The Morgan fingerprint density at radius 1 is 0.824 bits per heavy atom. The van der Waals surface area contributed by atoms with Crippen LogP contribution in [0.25, 0.3) is 0 Å². The molecule has 6 nitrogen and oxygen atoms in total. The Bertz CT molecular complexity index is 435. The molecule has 0 aliphatic heterocycles. The molecule has 0 spiro atoms. The Morgan fingerprint density at radius 2 is 1.24 bits per heavy atom. The van der Waals surface area contributed by atoms with Crippen molar-refractivity contribution in [2.45, 2.75) is 27.7 Å². The summed E-state index contributed by atoms with van der Waals surface area (Å²) in [4.78, 5) is 0. The number of hydrogen-bond donors (Lipinski definition) is 0. The van der Waals surface area contributed by atoms with Crippen LogP contribution in [0.2, 0.25) is 0 Å². The quantitative estimate of drug-likeness (QED) is 0.753. The van der Waals surface area contributed by atoms with Crippen molar-refractivity contribution in [3.63, 3.8) is 0 Å². The summed E-state index contributed by atoms with van der Waals surface area (Å²) in [6.45, 7) is 7.10. The van der Waals surface area contributed by atoms with Gasteiger partial charge in [0.2, 0.25) is 0 Å². The minimum absolute atomic E-state index is 0.553. The summed E-state index contributed by atoms with van der Waals surface area (Å²) in [5.41, 5.74) is 1.34. The molecular formula is C10H12BN2O4. The molecule has 2 aromatic heterocycles. The van der Waals surface area contributed by atoms with E-state index < -0.39 is 0 Å². The van der Waals surface area contributed by atoms with E-state index in [1.165, 1.54) is 7.69 Å². The van der Waals surface area contributed by atoms with Gasteiger partial charge in [-0.25, -0.2) is 0 Å². The number of rotatable bonds is 4. The number of hydrogen-bond acceptors (Lipinski definition) is 6. The first kappa shape index (κ1) is 11.6. The molecule has 0 saturated heterocycles. The van der Waals surface area contributed by atoms with Gasteiger partial charge in [0, 0.05) is 13.8 Å². The van der Waals surface area contributed by atoms with E-state index in [-0.39, 0.29) is 0 Å². The molecule has 2 aromatic rings. The highest BCUT2D eigenvalue weighted by Crippen LogP contribution is 2.23. The zero-order valence-corrected chi connectivity index (χ0v) is 10.1. The third-order valence-corrected chi connectivity index (χ3v) is 2.27. The molecule has 0 aliphatic carbocycles. The highest BCUT2D eigenvalue weighted by atomic mass is 16.6. The molecular weight excluding hydrogens is 223 g/mol. The van der Waals surface area contributed by atoms with Crippen molar-refractivity contribution in [3.8, 4) is 11.5 Å². The van der Waals surface area contributed by atoms with Crippen molar-refractivity contribution < 1.29 is 18.4 Å². The lowest BCUT2D eigenvalue weighted by Gasteiger charge is -2.04. The highest BCUT2D eigenvalue weighted by molar-refractivity contribution is 6.20. The zero-order chi connectivity index (χ0) is 12.4. The van der Waals surface area contributed by atoms with Crippen molar-refractivity contribution in [1.29, 1.82) is 0 Å². The normalized spacial score (nSPS) is 10.4. The van der Waals surface area contributed by atoms with Crippen molar-refractivity contribution in [2.75, 3.05) is 0 Å². The van der Waals surface area contributed by atoms with Crippen molar-refractivity contribution in [2.24, 2.45) is 0 Å². The lowest BCUT2D eigenvalue weighted by Crippen LogP contribution is -2.12. The molecule has 0 saturated carbocycles. The zero-order valence-electron chi connectivity index (χ0n) is 10.1. The van der Waals surface area contributed by atoms with Gasteiger partial charge < -0.3 is 18.4 Å². The second-order valence-corrected chi connectivity index (χ2v) is 3.64. The Labute approximate surface area is 99.2 Å². The predicted molar refractivity (Wildman–Crippen MR) is 59.0 cm³/mol. The number of aromatic nitrogens is 2. The molecule has 0 unspecified atom stereocenters. The molecule has 2 heterocycles. The van der Waals surface area contributed by atoms with Crippen LogP contribution in [0.15, 0.2) is 9.05 Å². The van der Waals surface area contributed by atoms with E-state index in [1.807, 2.05) is 0 Å². The molecule has 7 heteroatoms. The summed E-state index contributed by atoms with van der Waals surface area (Å²) in [6.07, 6.45) is 0. The average molecular weight is 235 g/mol. The minimum Gasteiger partial charge on any atom is -0.522 e. The number of aryl methyl sites for hydroxylation is 4. The summed E-state index contributed by atoms with van der Waals surface area (Å²) >= 11 is 0. The van der Waals surface area contributed by atoms with Crippen LogP contribution in [0, 0.1) is 27.7 Å². The SMILES string of the molecule is Cc1noc(C)c1O[B]Oc1c(C)noc1C. The number of nitrogens with zero attached hydrogens (tertiary/aromatic N) is 2. The van der Waals surface area contributed by atoms with Gasteiger partial charge in [0.15, 0.2) is 23.0 Å². The van der Waals surface area contributed by atoms with Crippen LogP contribution in [0.5, 0.6) is 11.5 Å². The van der Waals surface area contributed by atoms with Gasteiger partial charge in [-0.1, -0.05) is 10.3 Å². The van der Waals surface area contributed by atoms with Gasteiger partial charge in [-0.15, -0.1) is 0 Å². The summed E-state index contributed by atoms with van der Waals surface area (Å²) < 4.78 is 20.5. The Kier molecular flexibility index (Phi) is 3.08. The second-order valence-electron chi connectivity index (χ2n) is 3.64. The minimum atomic E-state index is 0.553. The molecule has 0 N–H and O–H groups in total. The maximum Gasteiger partial charge on any atom is 0.658 e. The van der Waals surface area contributed by atoms with E-state index in [9.17, 15) is 0 Å². The molecule has 0 amide bonds. The van der Waals surface area contributed by atoms with Crippen LogP contribution in [0.3, 0.4) is 0 Å². The molecule has 0 atom stereocenters. The fraction of sp³-hybridized carbons (Fsp3) is 0.400. The molecule has 1 radical (unpaired) electrons. The first-order chi connectivity index (χ1) is 8.09. The molecule has 0 fully saturated rings. The second kappa shape index (κ2) is 4.53. The Hall–Kier alpha value is -1.92. The largest absolute Gasteiger partial charge is 0.658 e. The van der Waals surface area contributed by atoms with Gasteiger partial charge in [-0.2, -0.15) is 0 Å². The topological polar surface area (TPSA) is 70.5 Å². The first-order valence-electron chi connectivity index (χ1n) is 5.10. The van der Waals surface area contributed by atoms with E-state index in [0.717, 1.165) is 0 Å². The Balaban J connectivity index is 1.97. The molecule has 0 aromatic carbocycles. The van der Waals surface area contributed by atoms with Crippen molar-refractivity contribution in [1.82, 2.24) is 10.3 Å². The standard InChI is InChI=1S/C10H12BN2O4/c1-5-9(7(3)16-12-5)14-11-15-10-6(2)13-17-8(10)4/h1-4H3. The van der Waals surface area contributed by atoms with Gasteiger partial charge in [0.25, 0.3) is 0 Å². The molecule has 89 valence electrons. The molecule has 2 rings (SSSR count). The monoisotopic (exact) mass is 235 g/mol. The van der Waals surface area contributed by atoms with E-state index in [0.29, 0.717) is 34.4 Å². The summed E-state index contributed by atoms with van der Waals surface area (Å²) in [5, 5.41) is 7.52. The van der Waals surface area contributed by atoms with Gasteiger partial charge in [-0.3, -0.25) is 0 Å². The fourth-order valence-electron chi connectivity index (χ4n) is 1.41. The van der Waals surface area contributed by atoms with Crippen LogP contribution < -0.4 is 9.31 Å². The van der Waals surface area contributed by atoms with Gasteiger partial charge in [0.05, 0.1) is 0 Å². The van der Waals surface area contributed by atoms with E-state index in [4.69, 9.17) is 18.4 Å².